The van der Waals surface area contributed by atoms with Crippen molar-refractivity contribution in [1.82, 2.24) is 36.4 Å². The zero-order valence-corrected chi connectivity index (χ0v) is 42.3. The van der Waals surface area contributed by atoms with Gasteiger partial charge in [0.15, 0.2) is 6.23 Å². The molecule has 74 heavy (non-hydrogen) atoms. The summed E-state index contributed by atoms with van der Waals surface area (Å²) in [4.78, 5) is 112. The summed E-state index contributed by atoms with van der Waals surface area (Å²) >= 11 is 0. The van der Waals surface area contributed by atoms with Crippen molar-refractivity contribution in [2.75, 3.05) is 19.7 Å². The van der Waals surface area contributed by atoms with E-state index in [2.05, 4.69) is 42.0 Å². The molecule has 16 N–H and O–H groups in total. The highest BCUT2D eigenvalue weighted by molar-refractivity contribution is 5.98. The fourth-order valence-electron chi connectivity index (χ4n) is 9.63. The fraction of sp³-hybridized carbons (Fsp3) is 0.714. The normalized spacial score (nSPS) is 28.8. The third-order valence-corrected chi connectivity index (χ3v) is 14.1. The number of phenols is 1. The maximum Gasteiger partial charge on any atom is 0.248 e. The summed E-state index contributed by atoms with van der Waals surface area (Å²) < 4.78 is 0. The fourth-order valence-corrected chi connectivity index (χ4v) is 9.63. The van der Waals surface area contributed by atoms with Crippen LogP contribution in [0, 0.1) is 11.8 Å². The van der Waals surface area contributed by atoms with Crippen molar-refractivity contribution in [1.29, 1.82) is 0 Å². The summed E-state index contributed by atoms with van der Waals surface area (Å²) in [6.45, 7) is 4.53. The molecule has 4 rings (SSSR count). The second kappa shape index (κ2) is 28.9. The van der Waals surface area contributed by atoms with Gasteiger partial charge in [0.2, 0.25) is 47.3 Å². The molecule has 3 aliphatic heterocycles. The Hall–Kier alpha value is -5.54. The number of carbonyl (C=O) groups excluding carboxylic acids is 8. The minimum atomic E-state index is -2.36. The molecule has 0 saturated carbocycles. The second-order valence-electron chi connectivity index (χ2n) is 20.1. The Kier molecular flexibility index (Phi) is 23.9. The maximum absolute atomic E-state index is 14.3. The zero-order valence-electron chi connectivity index (χ0n) is 42.3. The Morgan fingerprint density at radius 3 is 2.03 bits per heavy atom. The lowest BCUT2D eigenvalue weighted by molar-refractivity contribution is -0.149. The number of nitrogens with two attached hydrogens (primary N) is 1. The van der Waals surface area contributed by atoms with Gasteiger partial charge in [-0.25, -0.2) is 0 Å². The maximum atomic E-state index is 14.3. The topological polar surface area (TPSA) is 411 Å². The van der Waals surface area contributed by atoms with Gasteiger partial charge in [0.25, 0.3) is 0 Å². The highest BCUT2D eigenvalue weighted by Crippen LogP contribution is 2.26. The molecule has 25 nitrogen and oxygen atoms in total. The molecule has 8 amide bonds. The molecule has 3 heterocycles. The van der Waals surface area contributed by atoms with Crippen LogP contribution >= 0.6 is 0 Å². The van der Waals surface area contributed by atoms with Crippen LogP contribution in [0.1, 0.15) is 122 Å². The van der Waals surface area contributed by atoms with E-state index in [1.54, 1.807) is 0 Å². The van der Waals surface area contributed by atoms with Crippen LogP contribution < -0.4 is 32.3 Å². The molecule has 15 unspecified atom stereocenters. The molecule has 15 atom stereocenters. The first-order valence-corrected chi connectivity index (χ1v) is 25.5. The number of phenolic OH excluding ortho intramolecular Hbond substituents is 1. The number of carbonyl (C=O) groups is 8. The number of nitrogens with zero attached hydrogens (tertiary/aromatic N) is 2. The van der Waals surface area contributed by atoms with Crippen molar-refractivity contribution < 1.29 is 84.3 Å². The van der Waals surface area contributed by atoms with Crippen molar-refractivity contribution in [2.45, 2.75) is 190 Å². The average Bonchev–Trinajstić information content (AvgIpc) is 3.95. The number of hydrogen-bond donors (Lipinski definition) is 15. The van der Waals surface area contributed by atoms with Crippen molar-refractivity contribution in [3.05, 3.63) is 29.8 Å². The van der Waals surface area contributed by atoms with E-state index in [0.29, 0.717) is 29.6 Å². The minimum absolute atomic E-state index is 0.0759. The van der Waals surface area contributed by atoms with E-state index < -0.39 is 165 Å². The first kappa shape index (κ1) is 61.0. The van der Waals surface area contributed by atoms with Gasteiger partial charge in [0.1, 0.15) is 60.3 Å². The van der Waals surface area contributed by atoms with Gasteiger partial charge in [0.05, 0.1) is 31.3 Å². The Morgan fingerprint density at radius 2 is 1.39 bits per heavy atom. The number of fused-ring (bicyclic) bond motifs is 2. The first-order chi connectivity index (χ1) is 35.0. The molecule has 0 radical (unpaired) electrons. The van der Waals surface area contributed by atoms with Crippen LogP contribution in [-0.2, 0) is 38.4 Å². The molecule has 0 spiro atoms. The van der Waals surface area contributed by atoms with E-state index in [9.17, 15) is 84.3 Å². The summed E-state index contributed by atoms with van der Waals surface area (Å²) in [6, 6.07) is -7.31. The number of primary amides is 1. The molecule has 1 aromatic carbocycles. The smallest absolute Gasteiger partial charge is 0.248 e. The van der Waals surface area contributed by atoms with Gasteiger partial charge >= 0.3 is 0 Å². The molecule has 0 aliphatic carbocycles. The standard InChI is InChI=1S/C49H78N8O17/c1-4-25(2)19-26(3)11-9-7-5-6-8-10-12-37(65)51-30-21-35(63)45(70)55-47(72)40-33(61)17-18-56(40)49(74)38(34(62)22-36(50)64)53-46(71)39(42(67)41(66)27-13-15-28(59)16-14-27)54-44(69)32-20-29(60)23-57(32)48(73)31(24-58)52-43(30)68/h13-16,25-26,29-35,38-42,45,58-63,66-67,70H,4-12,17-24H2,1-3H3,(H2,50,64)(H,51,65)(H,52,68)(H,53,71)(H,54,69)(H,55,72). The number of amides is 8. The van der Waals surface area contributed by atoms with Crippen molar-refractivity contribution in [2.24, 2.45) is 17.6 Å². The minimum Gasteiger partial charge on any atom is -0.508 e. The highest BCUT2D eigenvalue weighted by Gasteiger charge is 2.48. The SMILES string of the molecule is CCC(C)CC(C)CCCCCCCCC(=O)NC1CC(O)C(O)NC(=O)C2C(O)CCN2C(=O)C(C(O)CC(N)=O)NC(=O)C(C(O)C(O)c2ccc(O)cc2)NC(=O)C2CC(O)CN2C(=O)C(CO)NC1=O. The van der Waals surface area contributed by atoms with Gasteiger partial charge in [-0.2, -0.15) is 0 Å². The van der Waals surface area contributed by atoms with Gasteiger partial charge < -0.3 is 88.1 Å². The number of hydrogen-bond acceptors (Lipinski definition) is 17. The van der Waals surface area contributed by atoms with Gasteiger partial charge in [-0.1, -0.05) is 77.8 Å². The summed E-state index contributed by atoms with van der Waals surface area (Å²) in [7, 11) is 0. The molecule has 3 fully saturated rings. The number of rotatable bonds is 20. The first-order valence-electron chi connectivity index (χ1n) is 25.5. The van der Waals surface area contributed by atoms with Crippen LogP contribution in [0.4, 0.5) is 0 Å². The number of aliphatic hydroxyl groups is 8. The summed E-state index contributed by atoms with van der Waals surface area (Å²) in [5, 5.41) is 110. The lowest BCUT2D eigenvalue weighted by atomic mass is 9.91. The monoisotopic (exact) mass is 1050 g/mol. The van der Waals surface area contributed by atoms with Crippen molar-refractivity contribution in [3.8, 4) is 5.75 Å². The third kappa shape index (κ3) is 17.3. The van der Waals surface area contributed by atoms with E-state index in [1.807, 2.05) is 5.32 Å². The Labute approximate surface area is 429 Å². The summed E-state index contributed by atoms with van der Waals surface area (Å²) in [6.07, 6.45) is -8.34. The Morgan fingerprint density at radius 1 is 0.757 bits per heavy atom. The predicted molar refractivity (Wildman–Crippen MR) is 261 cm³/mol. The van der Waals surface area contributed by atoms with Crippen LogP contribution in [0.5, 0.6) is 5.75 Å². The molecular weight excluding hydrogens is 973 g/mol. The van der Waals surface area contributed by atoms with Gasteiger partial charge in [0, 0.05) is 32.4 Å². The van der Waals surface area contributed by atoms with Crippen LogP contribution in [0.25, 0.3) is 0 Å². The molecule has 1 aromatic rings. The van der Waals surface area contributed by atoms with E-state index in [0.717, 1.165) is 67.7 Å². The Bertz CT molecular complexity index is 2070. The number of aliphatic hydroxyl groups excluding tert-OH is 8. The molecular formula is C49H78N8O17. The second-order valence-corrected chi connectivity index (χ2v) is 20.1. The lowest BCUT2D eigenvalue weighted by Gasteiger charge is -2.34. The summed E-state index contributed by atoms with van der Waals surface area (Å²) in [5.74, 6) is -8.57. The Balaban J connectivity index is 1.67. The summed E-state index contributed by atoms with van der Waals surface area (Å²) in [5.41, 5.74) is 5.20. The molecule has 0 bridgehead atoms. The number of nitrogens with one attached hydrogen (secondary N) is 5. The van der Waals surface area contributed by atoms with E-state index in [4.69, 9.17) is 5.73 Å². The van der Waals surface area contributed by atoms with E-state index in [1.165, 1.54) is 6.42 Å². The predicted octanol–water partition coefficient (Wildman–Crippen LogP) is -3.73. The zero-order chi connectivity index (χ0) is 55.0. The molecule has 3 saturated heterocycles. The molecule has 3 aliphatic rings. The van der Waals surface area contributed by atoms with E-state index in [-0.39, 0.29) is 24.2 Å². The lowest BCUT2D eigenvalue weighted by Crippen LogP contribution is -2.64. The highest BCUT2D eigenvalue weighted by atomic mass is 16.3. The number of aromatic hydroxyl groups is 1. The van der Waals surface area contributed by atoms with Crippen molar-refractivity contribution >= 4 is 47.3 Å². The van der Waals surface area contributed by atoms with Crippen molar-refractivity contribution in [3.63, 3.8) is 0 Å². The van der Waals surface area contributed by atoms with Gasteiger partial charge in [-0.15, -0.1) is 0 Å². The van der Waals surface area contributed by atoms with Crippen LogP contribution in [0.3, 0.4) is 0 Å². The molecule has 25 heteroatoms. The van der Waals surface area contributed by atoms with Crippen LogP contribution in [0.2, 0.25) is 0 Å². The molecule has 0 aromatic heterocycles. The van der Waals surface area contributed by atoms with Gasteiger partial charge in [-0.3, -0.25) is 38.4 Å². The largest absolute Gasteiger partial charge is 0.508 e. The van der Waals surface area contributed by atoms with E-state index >= 15 is 0 Å². The number of unbranched alkanes of at least 4 members (excludes halogenated alkanes) is 5. The quantitative estimate of drug-likeness (QED) is 0.0558. The third-order valence-electron chi connectivity index (χ3n) is 14.1. The molecule has 416 valence electrons. The van der Waals surface area contributed by atoms with Gasteiger partial charge in [-0.05, 0) is 48.8 Å². The number of benzene rings is 1. The average molecular weight is 1050 g/mol. The van der Waals surface area contributed by atoms with Crippen LogP contribution in [0.15, 0.2) is 24.3 Å². The van der Waals surface area contributed by atoms with Crippen LogP contribution in [-0.4, -0.2) is 196 Å².